The number of benzene rings is 1. The lowest BCUT2D eigenvalue weighted by Gasteiger charge is -2.23. The minimum absolute atomic E-state index is 1.18. The highest BCUT2D eigenvalue weighted by molar-refractivity contribution is 6.95. The van der Waals surface area contributed by atoms with E-state index in [-0.39, 0.29) is 0 Å². The zero-order valence-electron chi connectivity index (χ0n) is 9.30. The number of rotatable bonds is 3. The standard InChI is InChI=1S/C13H18Si/c1-6-12-7-9-13(10-8-12)14(4,5)11(2)3/h6-10H,1-2H2,3-5H3. The van der Waals surface area contributed by atoms with Gasteiger partial charge in [-0.25, -0.2) is 0 Å². The van der Waals surface area contributed by atoms with E-state index in [0.29, 0.717) is 0 Å². The molecule has 0 bridgehead atoms. The van der Waals surface area contributed by atoms with E-state index in [9.17, 15) is 0 Å². The van der Waals surface area contributed by atoms with Crippen LogP contribution < -0.4 is 5.19 Å². The third-order valence-corrected chi connectivity index (χ3v) is 6.85. The van der Waals surface area contributed by atoms with Gasteiger partial charge in [0.1, 0.15) is 8.07 Å². The van der Waals surface area contributed by atoms with Gasteiger partial charge in [-0.1, -0.05) is 60.4 Å². The van der Waals surface area contributed by atoms with Gasteiger partial charge in [-0.15, -0.1) is 6.58 Å². The molecule has 0 heterocycles. The smallest absolute Gasteiger partial charge is 0.104 e. The van der Waals surface area contributed by atoms with Gasteiger partial charge in [-0.3, -0.25) is 0 Å². The van der Waals surface area contributed by atoms with E-state index >= 15 is 0 Å². The van der Waals surface area contributed by atoms with Crippen LogP contribution in [0.15, 0.2) is 42.6 Å². The second kappa shape index (κ2) is 3.97. The molecule has 0 saturated carbocycles. The van der Waals surface area contributed by atoms with Crippen molar-refractivity contribution in [3.8, 4) is 0 Å². The maximum Gasteiger partial charge on any atom is 0.106 e. The van der Waals surface area contributed by atoms with Crippen molar-refractivity contribution in [2.45, 2.75) is 20.0 Å². The Morgan fingerprint density at radius 1 is 1.21 bits per heavy atom. The molecule has 1 aromatic carbocycles. The fourth-order valence-electron chi connectivity index (χ4n) is 1.28. The van der Waals surface area contributed by atoms with Crippen LogP contribution >= 0.6 is 0 Å². The molecule has 1 aromatic rings. The normalized spacial score (nSPS) is 11.1. The molecule has 0 aliphatic rings. The Morgan fingerprint density at radius 2 is 1.71 bits per heavy atom. The Hall–Kier alpha value is -1.08. The molecule has 0 unspecified atom stereocenters. The van der Waals surface area contributed by atoms with Crippen molar-refractivity contribution < 1.29 is 0 Å². The van der Waals surface area contributed by atoms with Gasteiger partial charge in [-0.2, -0.15) is 0 Å². The molecule has 74 valence electrons. The molecule has 0 aromatic heterocycles. The monoisotopic (exact) mass is 202 g/mol. The van der Waals surface area contributed by atoms with Crippen LogP contribution in [0.3, 0.4) is 0 Å². The van der Waals surface area contributed by atoms with Gasteiger partial charge in [0.05, 0.1) is 0 Å². The highest BCUT2D eigenvalue weighted by Gasteiger charge is 2.23. The lowest BCUT2D eigenvalue weighted by atomic mass is 10.2. The maximum atomic E-state index is 4.09. The van der Waals surface area contributed by atoms with E-state index in [2.05, 4.69) is 57.4 Å². The first-order valence-electron chi connectivity index (χ1n) is 4.87. The van der Waals surface area contributed by atoms with Gasteiger partial charge >= 0.3 is 0 Å². The van der Waals surface area contributed by atoms with E-state index in [1.165, 1.54) is 15.9 Å². The summed E-state index contributed by atoms with van der Waals surface area (Å²) in [6, 6.07) is 8.66. The van der Waals surface area contributed by atoms with Crippen LogP contribution in [0.1, 0.15) is 12.5 Å². The van der Waals surface area contributed by atoms with Crippen LogP contribution in [0.4, 0.5) is 0 Å². The Bertz CT molecular complexity index is 344. The van der Waals surface area contributed by atoms with Gasteiger partial charge < -0.3 is 0 Å². The van der Waals surface area contributed by atoms with Gasteiger partial charge in [0.15, 0.2) is 0 Å². The van der Waals surface area contributed by atoms with Gasteiger partial charge in [-0.05, 0) is 12.5 Å². The minimum Gasteiger partial charge on any atom is -0.104 e. The summed E-state index contributed by atoms with van der Waals surface area (Å²) in [4.78, 5) is 0. The molecule has 0 N–H and O–H groups in total. The fraction of sp³-hybridized carbons (Fsp3) is 0.231. The molecular weight excluding hydrogens is 184 g/mol. The summed E-state index contributed by atoms with van der Waals surface area (Å²) in [5.74, 6) is 0. The van der Waals surface area contributed by atoms with E-state index < -0.39 is 8.07 Å². The molecule has 14 heavy (non-hydrogen) atoms. The Balaban J connectivity index is 3.08. The molecule has 1 heteroatoms. The lowest BCUT2D eigenvalue weighted by Crippen LogP contribution is -2.42. The molecule has 0 nitrogen and oxygen atoms in total. The maximum absolute atomic E-state index is 4.09. The Morgan fingerprint density at radius 3 is 2.07 bits per heavy atom. The quantitative estimate of drug-likeness (QED) is 0.659. The van der Waals surface area contributed by atoms with Crippen molar-refractivity contribution in [3.63, 3.8) is 0 Å². The average molecular weight is 202 g/mol. The minimum atomic E-state index is -1.42. The zero-order chi connectivity index (χ0) is 10.8. The average Bonchev–Trinajstić information content (AvgIpc) is 2.17. The third-order valence-electron chi connectivity index (χ3n) is 2.94. The molecule has 0 fully saturated rings. The molecular formula is C13H18Si. The van der Waals surface area contributed by atoms with Crippen LogP contribution in [-0.2, 0) is 0 Å². The predicted octanol–water partition coefficient (Wildman–Crippen LogP) is 3.36. The fourth-order valence-corrected chi connectivity index (χ4v) is 2.78. The molecule has 1 rings (SSSR count). The molecule has 0 atom stereocenters. The topological polar surface area (TPSA) is 0 Å². The van der Waals surface area contributed by atoms with E-state index in [1.54, 1.807) is 0 Å². The van der Waals surface area contributed by atoms with E-state index in [4.69, 9.17) is 0 Å². The Labute approximate surface area is 88.0 Å². The van der Waals surface area contributed by atoms with Crippen molar-refractivity contribution in [2.75, 3.05) is 0 Å². The van der Waals surface area contributed by atoms with Crippen LogP contribution in [-0.4, -0.2) is 8.07 Å². The zero-order valence-corrected chi connectivity index (χ0v) is 10.3. The number of hydrogen-bond donors (Lipinski definition) is 0. The second-order valence-electron chi connectivity index (χ2n) is 4.23. The summed E-state index contributed by atoms with van der Waals surface area (Å²) in [5.41, 5.74) is 1.18. The molecule has 0 aliphatic heterocycles. The second-order valence-corrected chi connectivity index (χ2v) is 8.91. The van der Waals surface area contributed by atoms with E-state index in [0.717, 1.165) is 0 Å². The summed E-state index contributed by atoms with van der Waals surface area (Å²) < 4.78 is 0. The SMILES string of the molecule is C=Cc1ccc([Si](C)(C)C(=C)C)cc1. The molecule has 0 amide bonds. The third kappa shape index (κ3) is 2.04. The number of allylic oxidation sites excluding steroid dienone is 1. The first-order valence-corrected chi connectivity index (χ1v) is 7.87. The molecule has 0 spiro atoms. The predicted molar refractivity (Wildman–Crippen MR) is 68.5 cm³/mol. The van der Waals surface area contributed by atoms with Crippen molar-refractivity contribution in [3.05, 3.63) is 48.2 Å². The molecule has 0 saturated heterocycles. The van der Waals surface area contributed by atoms with Gasteiger partial charge in [0, 0.05) is 0 Å². The van der Waals surface area contributed by atoms with Gasteiger partial charge in [0.2, 0.25) is 0 Å². The van der Waals surface area contributed by atoms with Gasteiger partial charge in [0.25, 0.3) is 0 Å². The molecule has 0 radical (unpaired) electrons. The Kier molecular flexibility index (Phi) is 3.12. The largest absolute Gasteiger partial charge is 0.106 e. The highest BCUT2D eigenvalue weighted by atomic mass is 28.3. The van der Waals surface area contributed by atoms with Crippen molar-refractivity contribution in [2.24, 2.45) is 0 Å². The summed E-state index contributed by atoms with van der Waals surface area (Å²) >= 11 is 0. The lowest BCUT2D eigenvalue weighted by molar-refractivity contribution is 1.57. The van der Waals surface area contributed by atoms with Crippen molar-refractivity contribution in [1.29, 1.82) is 0 Å². The van der Waals surface area contributed by atoms with Crippen LogP contribution in [0.25, 0.3) is 6.08 Å². The van der Waals surface area contributed by atoms with Crippen LogP contribution in [0.2, 0.25) is 13.1 Å². The van der Waals surface area contributed by atoms with Crippen molar-refractivity contribution in [1.82, 2.24) is 0 Å². The summed E-state index contributed by atoms with van der Waals surface area (Å²) in [7, 11) is -1.42. The van der Waals surface area contributed by atoms with Crippen LogP contribution in [0.5, 0.6) is 0 Å². The summed E-state index contributed by atoms with van der Waals surface area (Å²) in [6.45, 7) is 14.6. The summed E-state index contributed by atoms with van der Waals surface area (Å²) in [5, 5.41) is 2.76. The molecule has 0 aliphatic carbocycles. The van der Waals surface area contributed by atoms with E-state index in [1.807, 2.05) is 6.08 Å². The highest BCUT2D eigenvalue weighted by Crippen LogP contribution is 2.13. The first kappa shape index (κ1) is 11.0. The first-order chi connectivity index (χ1) is 6.48. The summed E-state index contributed by atoms with van der Waals surface area (Å²) in [6.07, 6.45) is 1.87. The number of hydrogen-bond acceptors (Lipinski definition) is 0. The van der Waals surface area contributed by atoms with Crippen molar-refractivity contribution >= 4 is 19.3 Å². The van der Waals surface area contributed by atoms with Crippen LogP contribution in [0, 0.1) is 0 Å².